The number of ether oxygens (including phenoxy) is 1. The molecule has 2 atom stereocenters. The van der Waals surface area contributed by atoms with Crippen molar-refractivity contribution in [1.82, 2.24) is 14.5 Å². The van der Waals surface area contributed by atoms with Crippen LogP contribution in [0.5, 0.6) is 5.75 Å². The molecule has 0 amide bonds. The van der Waals surface area contributed by atoms with E-state index in [1.54, 1.807) is 12.1 Å². The summed E-state index contributed by atoms with van der Waals surface area (Å²) in [6, 6.07) is 33.4. The number of para-hydroxylation sites is 1. The second kappa shape index (κ2) is 13.1. The van der Waals surface area contributed by atoms with Crippen LogP contribution in [0.3, 0.4) is 0 Å². The molecule has 6 aromatic rings. The van der Waals surface area contributed by atoms with Gasteiger partial charge in [0, 0.05) is 29.6 Å². The smallest absolute Gasteiger partial charge is 0.307 e. The van der Waals surface area contributed by atoms with Crippen LogP contribution in [-0.2, 0) is 28.0 Å². The summed E-state index contributed by atoms with van der Waals surface area (Å²) in [6.45, 7) is 0.851. The maximum Gasteiger partial charge on any atom is 0.307 e. The minimum atomic E-state index is -3.34. The number of pyridine rings is 1. The van der Waals surface area contributed by atoms with Crippen molar-refractivity contribution in [3.63, 3.8) is 0 Å². The SMILES string of the molecule is CS(=O)(=O)Nc1ccc(-c2ccc(Cn3c([C@@H]4CCCCC4C(=O)O)nc4cc(OCc5ccc6ccccc6n5)ccc43)cc2)cc1. The van der Waals surface area contributed by atoms with E-state index in [4.69, 9.17) is 14.7 Å². The average molecular weight is 661 g/mol. The summed E-state index contributed by atoms with van der Waals surface area (Å²) < 4.78 is 33.9. The van der Waals surface area contributed by atoms with Crippen LogP contribution in [0, 0.1) is 5.92 Å². The Labute approximate surface area is 279 Å². The standard InChI is InChI=1S/C38H36N4O5S/c1-48(45,46)41-29-17-14-27(15-18-29)26-12-10-25(11-13-26)23-42-36-21-20-31(47-24-30-19-16-28-6-2-5-9-34(28)39-30)22-35(36)40-37(42)32-7-3-4-8-33(32)38(43)44/h2,5-6,9-22,32-33,41H,3-4,7-8,23-24H2,1H3,(H,43,44)/t32-,33?/m1/s1. The van der Waals surface area contributed by atoms with E-state index >= 15 is 0 Å². The third-order valence-electron chi connectivity index (χ3n) is 9.02. The van der Waals surface area contributed by atoms with E-state index in [0.717, 1.165) is 75.7 Å². The van der Waals surface area contributed by atoms with E-state index in [9.17, 15) is 18.3 Å². The van der Waals surface area contributed by atoms with Gasteiger partial charge in [-0.15, -0.1) is 0 Å². The molecule has 244 valence electrons. The highest BCUT2D eigenvalue weighted by Crippen LogP contribution is 2.39. The van der Waals surface area contributed by atoms with Gasteiger partial charge in [-0.2, -0.15) is 0 Å². The number of aliphatic carboxylic acids is 1. The lowest BCUT2D eigenvalue weighted by atomic mass is 9.78. The summed E-state index contributed by atoms with van der Waals surface area (Å²) in [5.41, 5.74) is 6.98. The first-order valence-corrected chi connectivity index (χ1v) is 18.0. The van der Waals surface area contributed by atoms with E-state index in [0.29, 0.717) is 31.0 Å². The van der Waals surface area contributed by atoms with E-state index in [1.807, 2.05) is 78.9 Å². The van der Waals surface area contributed by atoms with Crippen molar-refractivity contribution in [2.75, 3.05) is 11.0 Å². The van der Waals surface area contributed by atoms with Gasteiger partial charge in [0.05, 0.1) is 34.4 Å². The second-order valence-electron chi connectivity index (χ2n) is 12.5. The van der Waals surface area contributed by atoms with Gasteiger partial charge in [0.15, 0.2) is 0 Å². The van der Waals surface area contributed by atoms with Crippen LogP contribution in [0.2, 0.25) is 0 Å². The van der Waals surface area contributed by atoms with E-state index in [2.05, 4.69) is 21.4 Å². The largest absolute Gasteiger partial charge is 0.487 e. The summed E-state index contributed by atoms with van der Waals surface area (Å²) in [6.07, 6.45) is 4.42. The Bertz CT molecular complexity index is 2210. The van der Waals surface area contributed by atoms with Crippen molar-refractivity contribution < 1.29 is 23.1 Å². The molecule has 7 rings (SSSR count). The molecule has 10 heteroatoms. The monoisotopic (exact) mass is 660 g/mol. The lowest BCUT2D eigenvalue weighted by molar-refractivity contribution is -0.143. The number of rotatable bonds is 10. The van der Waals surface area contributed by atoms with E-state index in [1.165, 1.54) is 0 Å². The Morgan fingerprint density at radius 3 is 2.35 bits per heavy atom. The van der Waals surface area contributed by atoms with Crippen LogP contribution >= 0.6 is 0 Å². The minimum absolute atomic E-state index is 0.187. The fourth-order valence-electron chi connectivity index (χ4n) is 6.68. The van der Waals surface area contributed by atoms with Crippen LogP contribution in [0.4, 0.5) is 5.69 Å². The molecule has 1 unspecified atom stereocenters. The van der Waals surface area contributed by atoms with Gasteiger partial charge in [-0.25, -0.2) is 18.4 Å². The number of sulfonamides is 1. The molecule has 2 N–H and O–H groups in total. The molecular weight excluding hydrogens is 625 g/mol. The number of benzene rings is 4. The Morgan fingerprint density at radius 2 is 1.60 bits per heavy atom. The summed E-state index contributed by atoms with van der Waals surface area (Å²) in [5.74, 6) is 0.0321. The van der Waals surface area contributed by atoms with Crippen molar-refractivity contribution in [2.45, 2.75) is 44.8 Å². The minimum Gasteiger partial charge on any atom is -0.487 e. The molecule has 0 bridgehead atoms. The van der Waals surface area contributed by atoms with Crippen molar-refractivity contribution in [2.24, 2.45) is 5.92 Å². The molecule has 1 fully saturated rings. The van der Waals surface area contributed by atoms with Crippen molar-refractivity contribution >= 4 is 43.6 Å². The van der Waals surface area contributed by atoms with Gasteiger partial charge in [-0.3, -0.25) is 9.52 Å². The molecule has 2 aromatic heterocycles. The quantitative estimate of drug-likeness (QED) is 0.155. The molecule has 0 spiro atoms. The van der Waals surface area contributed by atoms with E-state index < -0.39 is 21.9 Å². The Hall–Kier alpha value is -5.22. The molecule has 1 aliphatic rings. The number of aromatic nitrogens is 3. The number of carboxylic acid groups (broad SMARTS) is 1. The van der Waals surface area contributed by atoms with E-state index in [-0.39, 0.29) is 5.92 Å². The highest BCUT2D eigenvalue weighted by Gasteiger charge is 2.35. The number of imidazole rings is 1. The molecule has 0 saturated heterocycles. The topological polar surface area (TPSA) is 123 Å². The van der Waals surface area contributed by atoms with Gasteiger partial charge in [0.1, 0.15) is 18.2 Å². The fourth-order valence-corrected chi connectivity index (χ4v) is 7.24. The molecule has 4 aromatic carbocycles. The number of nitrogens with zero attached hydrogens (tertiary/aromatic N) is 3. The van der Waals surface area contributed by atoms with Gasteiger partial charge in [0.2, 0.25) is 10.0 Å². The molecule has 1 saturated carbocycles. The van der Waals surface area contributed by atoms with Crippen molar-refractivity contribution in [1.29, 1.82) is 0 Å². The third kappa shape index (κ3) is 6.89. The molecule has 0 radical (unpaired) electrons. The van der Waals surface area contributed by atoms with Gasteiger partial charge >= 0.3 is 5.97 Å². The summed E-state index contributed by atoms with van der Waals surface area (Å²) in [4.78, 5) is 22.1. The second-order valence-corrected chi connectivity index (χ2v) is 14.2. The van der Waals surface area contributed by atoms with Crippen LogP contribution < -0.4 is 9.46 Å². The Balaban J connectivity index is 1.17. The number of nitrogens with one attached hydrogen (secondary N) is 1. The maximum absolute atomic E-state index is 12.3. The fraction of sp³-hybridized carbons (Fsp3) is 0.237. The van der Waals surface area contributed by atoms with Gasteiger partial charge in [-0.1, -0.05) is 73.5 Å². The molecule has 1 aliphatic carbocycles. The van der Waals surface area contributed by atoms with Crippen LogP contribution in [-0.4, -0.2) is 40.3 Å². The molecule has 2 heterocycles. The molecule has 0 aliphatic heterocycles. The molecule has 9 nitrogen and oxygen atoms in total. The molecule has 48 heavy (non-hydrogen) atoms. The summed E-state index contributed by atoms with van der Waals surface area (Å²) in [5, 5.41) is 11.2. The first-order valence-electron chi connectivity index (χ1n) is 16.1. The lowest BCUT2D eigenvalue weighted by Crippen LogP contribution is -2.27. The number of carbonyl (C=O) groups is 1. The highest BCUT2D eigenvalue weighted by molar-refractivity contribution is 7.92. The van der Waals surface area contributed by atoms with Gasteiger partial charge in [-0.05, 0) is 65.9 Å². The number of anilines is 1. The van der Waals surface area contributed by atoms with Crippen molar-refractivity contribution in [3.05, 3.63) is 120 Å². The highest BCUT2D eigenvalue weighted by atomic mass is 32.2. The van der Waals surface area contributed by atoms with Crippen LogP contribution in [0.15, 0.2) is 103 Å². The number of carboxylic acids is 1. The number of hydrogen-bond acceptors (Lipinski definition) is 6. The zero-order valence-corrected chi connectivity index (χ0v) is 27.4. The zero-order chi connectivity index (χ0) is 33.3. The Kier molecular flexibility index (Phi) is 8.58. The van der Waals surface area contributed by atoms with Crippen molar-refractivity contribution in [3.8, 4) is 16.9 Å². The van der Waals surface area contributed by atoms with Crippen LogP contribution in [0.25, 0.3) is 33.1 Å². The maximum atomic E-state index is 12.3. The van der Waals surface area contributed by atoms with Gasteiger partial charge < -0.3 is 14.4 Å². The molecular formula is C38H36N4O5S. The van der Waals surface area contributed by atoms with Crippen LogP contribution in [0.1, 0.15) is 48.7 Å². The third-order valence-corrected chi connectivity index (χ3v) is 9.63. The predicted molar refractivity (Wildman–Crippen MR) is 188 cm³/mol. The number of hydrogen-bond donors (Lipinski definition) is 2. The predicted octanol–water partition coefficient (Wildman–Crippen LogP) is 7.61. The first kappa shape index (κ1) is 31.4. The average Bonchev–Trinajstić information content (AvgIpc) is 3.44. The summed E-state index contributed by atoms with van der Waals surface area (Å²) in [7, 11) is -3.34. The first-order chi connectivity index (χ1) is 23.2. The number of fused-ring (bicyclic) bond motifs is 2. The zero-order valence-electron chi connectivity index (χ0n) is 26.5. The lowest BCUT2D eigenvalue weighted by Gasteiger charge is -2.28. The normalized spacial score (nSPS) is 16.6. The summed E-state index contributed by atoms with van der Waals surface area (Å²) >= 11 is 0. The Morgan fingerprint density at radius 1 is 0.875 bits per heavy atom. The van der Waals surface area contributed by atoms with Gasteiger partial charge in [0.25, 0.3) is 0 Å².